The Labute approximate surface area is 464 Å². The Kier molecular flexibility index (Phi) is 11.3. The standard InChI is InChI=1S/C76H52N2O2/c1-49-21-27-55(28-22-49)77(57-31-25-51-13-9-11-15-53(51)41-57)59-33-37-65-69(43-59)67-39-35-63(79-61-17-5-3-6-18-61)45-71(67)75-48-74-66-38-34-60(78(56-29-23-50(2)24-30-56)58-32-26-52-14-10-12-16-54(52)42-58)44-70(66)68-40-36-64(80-62-19-7-4-8-20-62)46-72(68)76(74)47-73(65)75/h3-48H,1-2H3. The maximum atomic E-state index is 6.66. The molecule has 0 saturated heterocycles. The Hall–Kier alpha value is -10.4. The molecule has 0 heterocycles. The zero-order chi connectivity index (χ0) is 53.3. The molecule has 378 valence electrons. The number of nitrogens with zero attached hydrogens (tertiary/aromatic N) is 2. The number of rotatable bonds is 10. The molecule has 0 aliphatic rings. The van der Waals surface area contributed by atoms with Crippen LogP contribution in [-0.4, -0.2) is 0 Å². The van der Waals surface area contributed by atoms with Crippen molar-refractivity contribution in [1.82, 2.24) is 0 Å². The summed E-state index contributed by atoms with van der Waals surface area (Å²) >= 11 is 0. The normalized spacial score (nSPS) is 11.6. The zero-order valence-corrected chi connectivity index (χ0v) is 44.3. The van der Waals surface area contributed by atoms with Gasteiger partial charge < -0.3 is 19.3 Å². The number of benzene rings is 15. The molecule has 0 aromatic heterocycles. The third kappa shape index (κ3) is 8.34. The maximum Gasteiger partial charge on any atom is 0.128 e. The molecule has 15 rings (SSSR count). The fourth-order valence-electron chi connectivity index (χ4n) is 12.0. The highest BCUT2D eigenvalue weighted by Crippen LogP contribution is 2.48. The molecular weight excluding hydrogens is 973 g/mol. The lowest BCUT2D eigenvalue weighted by molar-refractivity contribution is 0.483. The first-order valence-electron chi connectivity index (χ1n) is 27.4. The first-order chi connectivity index (χ1) is 39.4. The van der Waals surface area contributed by atoms with Crippen LogP contribution in [0, 0.1) is 13.8 Å². The summed E-state index contributed by atoms with van der Waals surface area (Å²) in [7, 11) is 0. The van der Waals surface area contributed by atoms with Gasteiger partial charge in [0.1, 0.15) is 23.0 Å². The van der Waals surface area contributed by atoms with E-state index in [-0.39, 0.29) is 0 Å². The van der Waals surface area contributed by atoms with Gasteiger partial charge in [0.15, 0.2) is 0 Å². The Morgan fingerprint density at radius 3 is 0.912 bits per heavy atom. The second kappa shape index (κ2) is 19.2. The quantitative estimate of drug-likeness (QED) is 0.101. The van der Waals surface area contributed by atoms with Crippen molar-refractivity contribution in [3.63, 3.8) is 0 Å². The van der Waals surface area contributed by atoms with Crippen molar-refractivity contribution < 1.29 is 9.47 Å². The highest BCUT2D eigenvalue weighted by Gasteiger charge is 2.21. The summed E-state index contributed by atoms with van der Waals surface area (Å²) in [5, 5.41) is 18.6. The van der Waals surface area contributed by atoms with Crippen LogP contribution in [0.3, 0.4) is 0 Å². The smallest absolute Gasteiger partial charge is 0.128 e. The van der Waals surface area contributed by atoms with Crippen molar-refractivity contribution in [2.24, 2.45) is 0 Å². The van der Waals surface area contributed by atoms with Crippen LogP contribution in [-0.2, 0) is 0 Å². The van der Waals surface area contributed by atoms with E-state index >= 15 is 0 Å². The van der Waals surface area contributed by atoms with Crippen molar-refractivity contribution in [2.45, 2.75) is 13.8 Å². The number of para-hydroxylation sites is 2. The van der Waals surface area contributed by atoms with Crippen molar-refractivity contribution in [3.05, 3.63) is 290 Å². The molecule has 0 spiro atoms. The van der Waals surface area contributed by atoms with Gasteiger partial charge in [0.05, 0.1) is 0 Å². The predicted molar refractivity (Wildman–Crippen MR) is 338 cm³/mol. The van der Waals surface area contributed by atoms with Gasteiger partial charge in [-0.3, -0.25) is 0 Å². The second-order valence-corrected chi connectivity index (χ2v) is 21.1. The summed E-state index contributed by atoms with van der Waals surface area (Å²) in [5.74, 6) is 3.13. The largest absolute Gasteiger partial charge is 0.457 e. The molecule has 0 radical (unpaired) electrons. The predicted octanol–water partition coefficient (Wildman–Crippen LogP) is 22.1. The van der Waals surface area contributed by atoms with E-state index in [0.717, 1.165) is 111 Å². The average molecular weight is 1030 g/mol. The molecule has 0 bridgehead atoms. The summed E-state index contributed by atoms with van der Waals surface area (Å²) in [6.07, 6.45) is 0. The lowest BCUT2D eigenvalue weighted by Crippen LogP contribution is -2.10. The third-order valence-electron chi connectivity index (χ3n) is 15.9. The number of hydrogen-bond donors (Lipinski definition) is 0. The molecule has 4 nitrogen and oxygen atoms in total. The zero-order valence-electron chi connectivity index (χ0n) is 44.3. The van der Waals surface area contributed by atoms with E-state index in [4.69, 9.17) is 9.47 Å². The van der Waals surface area contributed by atoms with E-state index in [1.807, 2.05) is 60.7 Å². The van der Waals surface area contributed by atoms with Gasteiger partial charge >= 0.3 is 0 Å². The van der Waals surface area contributed by atoms with E-state index in [9.17, 15) is 0 Å². The molecule has 80 heavy (non-hydrogen) atoms. The lowest BCUT2D eigenvalue weighted by atomic mass is 9.88. The molecule has 0 N–H and O–H groups in total. The van der Waals surface area contributed by atoms with Gasteiger partial charge in [0, 0.05) is 34.1 Å². The first kappa shape index (κ1) is 46.8. The SMILES string of the molecule is Cc1ccc(N(c2ccc3ccccc3c2)c2ccc3c(c2)c2ccc(Oc4ccccc4)cc2c2cc4c5ccc(N(c6ccc(C)cc6)c6ccc7ccccc7c6)cc5c5ccc(Oc6ccccc6)cc5c4cc32)cc1. The van der Waals surface area contributed by atoms with E-state index in [0.29, 0.717) is 0 Å². The second-order valence-electron chi connectivity index (χ2n) is 21.1. The van der Waals surface area contributed by atoms with Crippen LogP contribution >= 0.6 is 0 Å². The summed E-state index contributed by atoms with van der Waals surface area (Å²) in [4.78, 5) is 4.77. The van der Waals surface area contributed by atoms with Gasteiger partial charge in [-0.2, -0.15) is 0 Å². The molecule has 15 aromatic rings. The van der Waals surface area contributed by atoms with Crippen LogP contribution in [0.5, 0.6) is 23.0 Å². The number of aryl methyl sites for hydroxylation is 2. The molecule has 4 heteroatoms. The highest BCUT2D eigenvalue weighted by molar-refractivity contribution is 6.33. The molecule has 0 unspecified atom stereocenters. The minimum absolute atomic E-state index is 0.777. The topological polar surface area (TPSA) is 24.9 Å². The van der Waals surface area contributed by atoms with Crippen LogP contribution in [0.1, 0.15) is 11.1 Å². The van der Waals surface area contributed by atoms with Crippen LogP contribution < -0.4 is 19.3 Å². The molecule has 0 amide bonds. The maximum absolute atomic E-state index is 6.66. The monoisotopic (exact) mass is 1020 g/mol. The first-order valence-corrected chi connectivity index (χ1v) is 27.4. The summed E-state index contributed by atoms with van der Waals surface area (Å²) in [6.45, 7) is 4.29. The van der Waals surface area contributed by atoms with Crippen molar-refractivity contribution in [3.8, 4) is 23.0 Å². The van der Waals surface area contributed by atoms with E-state index in [1.54, 1.807) is 0 Å². The fraction of sp³-hybridized carbons (Fsp3) is 0.0263. The van der Waals surface area contributed by atoms with Crippen LogP contribution in [0.2, 0.25) is 0 Å². The number of ether oxygens (including phenoxy) is 2. The van der Waals surface area contributed by atoms with Gasteiger partial charge in [-0.05, 0) is 233 Å². The van der Waals surface area contributed by atoms with Crippen LogP contribution in [0.25, 0.3) is 86.2 Å². The Balaban J connectivity index is 1.00. The summed E-state index contributed by atoms with van der Waals surface area (Å²) in [6, 6.07) is 101. The molecule has 15 aromatic carbocycles. The molecule has 0 atom stereocenters. The van der Waals surface area contributed by atoms with Crippen LogP contribution in [0.15, 0.2) is 279 Å². The lowest BCUT2D eigenvalue weighted by Gasteiger charge is -2.27. The number of fused-ring (bicyclic) bond motifs is 14. The average Bonchev–Trinajstić information content (AvgIpc) is 3.68. The Morgan fingerprint density at radius 2 is 0.500 bits per heavy atom. The molecular formula is C76H52N2O2. The molecule has 0 saturated carbocycles. The van der Waals surface area contributed by atoms with Crippen molar-refractivity contribution in [2.75, 3.05) is 9.80 Å². The Bertz CT molecular complexity index is 4590. The van der Waals surface area contributed by atoms with Gasteiger partial charge in [-0.15, -0.1) is 0 Å². The van der Waals surface area contributed by atoms with E-state index < -0.39 is 0 Å². The summed E-state index contributed by atoms with van der Waals surface area (Å²) < 4.78 is 13.3. The highest BCUT2D eigenvalue weighted by atomic mass is 16.5. The Morgan fingerprint density at radius 1 is 0.200 bits per heavy atom. The molecule has 0 aliphatic heterocycles. The van der Waals surface area contributed by atoms with Gasteiger partial charge in [-0.25, -0.2) is 0 Å². The van der Waals surface area contributed by atoms with Crippen molar-refractivity contribution in [1.29, 1.82) is 0 Å². The van der Waals surface area contributed by atoms with E-state index in [2.05, 4.69) is 242 Å². The van der Waals surface area contributed by atoms with Crippen LogP contribution in [0.4, 0.5) is 34.1 Å². The minimum Gasteiger partial charge on any atom is -0.457 e. The van der Waals surface area contributed by atoms with E-state index in [1.165, 1.54) is 43.4 Å². The summed E-state index contributed by atoms with van der Waals surface area (Å²) in [5.41, 5.74) is 8.94. The number of anilines is 6. The van der Waals surface area contributed by atoms with Crippen molar-refractivity contribution >= 4 is 120 Å². The minimum atomic E-state index is 0.777. The molecule has 0 fully saturated rings. The fourth-order valence-corrected chi connectivity index (χ4v) is 12.0. The van der Waals surface area contributed by atoms with Gasteiger partial charge in [-0.1, -0.05) is 157 Å². The number of hydrogen-bond acceptors (Lipinski definition) is 4. The third-order valence-corrected chi connectivity index (χ3v) is 15.9. The van der Waals surface area contributed by atoms with Gasteiger partial charge in [0.25, 0.3) is 0 Å². The van der Waals surface area contributed by atoms with Gasteiger partial charge in [0.2, 0.25) is 0 Å². The molecule has 0 aliphatic carbocycles.